The summed E-state index contributed by atoms with van der Waals surface area (Å²) in [4.78, 5) is 23.0. The van der Waals surface area contributed by atoms with Gasteiger partial charge in [-0.3, -0.25) is 9.59 Å². The fraction of sp³-hybridized carbons (Fsp3) is 0.273. The van der Waals surface area contributed by atoms with Gasteiger partial charge in [-0.15, -0.1) is 0 Å². The van der Waals surface area contributed by atoms with Crippen LogP contribution in [0.4, 0.5) is 5.69 Å². The standard InChI is InChI=1S/C11H10ClN3O3S/c1-11(2,10(17)18)9(16)13-7-5(12)3-4-6-8(7)15-19-14-6/h3-4H,1-2H3,(H,13,16)(H,17,18). The van der Waals surface area contributed by atoms with Crippen LogP contribution in [0.1, 0.15) is 13.8 Å². The Kier molecular flexibility index (Phi) is 3.42. The number of halogens is 1. The van der Waals surface area contributed by atoms with Crippen molar-refractivity contribution in [2.24, 2.45) is 5.41 Å². The smallest absolute Gasteiger partial charge is 0.318 e. The summed E-state index contributed by atoms with van der Waals surface area (Å²) >= 11 is 7.00. The summed E-state index contributed by atoms with van der Waals surface area (Å²) in [6, 6.07) is 3.26. The predicted octanol–water partition coefficient (Wildman–Crippen LogP) is 2.39. The molecule has 1 heterocycles. The first-order valence-corrected chi connectivity index (χ1v) is 6.40. The molecule has 6 nitrogen and oxygen atoms in total. The van der Waals surface area contributed by atoms with Crippen LogP contribution in [0, 0.1) is 5.41 Å². The molecule has 0 radical (unpaired) electrons. The molecule has 1 aromatic carbocycles. The molecule has 8 heteroatoms. The van der Waals surface area contributed by atoms with Gasteiger partial charge < -0.3 is 10.4 Å². The van der Waals surface area contributed by atoms with Gasteiger partial charge in [0.2, 0.25) is 5.91 Å². The minimum Gasteiger partial charge on any atom is -0.480 e. The summed E-state index contributed by atoms with van der Waals surface area (Å²) < 4.78 is 8.07. The minimum absolute atomic E-state index is 0.284. The Morgan fingerprint density at radius 3 is 2.68 bits per heavy atom. The lowest BCUT2D eigenvalue weighted by Crippen LogP contribution is -2.37. The summed E-state index contributed by atoms with van der Waals surface area (Å²) in [6.07, 6.45) is 0. The first-order chi connectivity index (χ1) is 8.84. The molecule has 1 amide bonds. The molecule has 2 aromatic rings. The second-order valence-corrected chi connectivity index (χ2v) is 5.37. The number of aromatic nitrogens is 2. The van der Waals surface area contributed by atoms with Crippen LogP contribution in [-0.4, -0.2) is 25.7 Å². The van der Waals surface area contributed by atoms with E-state index >= 15 is 0 Å². The van der Waals surface area contributed by atoms with Crippen molar-refractivity contribution >= 4 is 51.9 Å². The molecule has 1 aromatic heterocycles. The molecule has 100 valence electrons. The van der Waals surface area contributed by atoms with Crippen molar-refractivity contribution in [3.63, 3.8) is 0 Å². The van der Waals surface area contributed by atoms with E-state index in [2.05, 4.69) is 14.1 Å². The predicted molar refractivity (Wildman–Crippen MR) is 72.5 cm³/mol. The van der Waals surface area contributed by atoms with Crippen LogP contribution < -0.4 is 5.32 Å². The van der Waals surface area contributed by atoms with Gasteiger partial charge in [-0.2, -0.15) is 8.75 Å². The van der Waals surface area contributed by atoms with Gasteiger partial charge >= 0.3 is 5.97 Å². The maximum atomic E-state index is 12.0. The van der Waals surface area contributed by atoms with Gasteiger partial charge in [0.15, 0.2) is 0 Å². The van der Waals surface area contributed by atoms with Crippen molar-refractivity contribution < 1.29 is 14.7 Å². The third-order valence-corrected chi connectivity index (χ3v) is 3.58. The van der Waals surface area contributed by atoms with E-state index in [1.807, 2.05) is 0 Å². The number of fused-ring (bicyclic) bond motifs is 1. The van der Waals surface area contributed by atoms with E-state index in [0.29, 0.717) is 11.0 Å². The van der Waals surface area contributed by atoms with Crippen molar-refractivity contribution in [1.82, 2.24) is 8.75 Å². The quantitative estimate of drug-likeness (QED) is 0.849. The lowest BCUT2D eigenvalue weighted by Gasteiger charge is -2.18. The molecule has 0 aliphatic rings. The molecular weight excluding hydrogens is 290 g/mol. The summed E-state index contributed by atoms with van der Waals surface area (Å²) in [5.74, 6) is -1.88. The second kappa shape index (κ2) is 4.75. The number of hydrogen-bond donors (Lipinski definition) is 2. The van der Waals surface area contributed by atoms with E-state index in [1.165, 1.54) is 13.8 Å². The SMILES string of the molecule is CC(C)(C(=O)O)C(=O)Nc1c(Cl)ccc2nsnc12. The molecule has 0 aliphatic carbocycles. The third-order valence-electron chi connectivity index (χ3n) is 2.72. The average Bonchev–Trinajstić information content (AvgIpc) is 2.80. The first-order valence-electron chi connectivity index (χ1n) is 5.29. The van der Waals surface area contributed by atoms with Crippen LogP contribution in [0.5, 0.6) is 0 Å². The monoisotopic (exact) mass is 299 g/mol. The van der Waals surface area contributed by atoms with Crippen LogP contribution in [0.2, 0.25) is 5.02 Å². The normalized spacial score (nSPS) is 11.5. The molecule has 0 atom stereocenters. The van der Waals surface area contributed by atoms with Gasteiger partial charge in [0, 0.05) is 0 Å². The third kappa shape index (κ3) is 2.39. The number of amides is 1. The highest BCUT2D eigenvalue weighted by Gasteiger charge is 2.36. The van der Waals surface area contributed by atoms with E-state index in [-0.39, 0.29) is 10.7 Å². The molecule has 2 rings (SSSR count). The zero-order valence-corrected chi connectivity index (χ0v) is 11.7. The maximum Gasteiger partial charge on any atom is 0.318 e. The second-order valence-electron chi connectivity index (χ2n) is 4.44. The molecule has 0 bridgehead atoms. The van der Waals surface area contributed by atoms with E-state index in [9.17, 15) is 9.59 Å². The van der Waals surface area contributed by atoms with Crippen molar-refractivity contribution in [2.75, 3.05) is 5.32 Å². The van der Waals surface area contributed by atoms with Crippen LogP contribution in [0.25, 0.3) is 11.0 Å². The highest BCUT2D eigenvalue weighted by molar-refractivity contribution is 7.00. The topological polar surface area (TPSA) is 92.2 Å². The molecule has 2 N–H and O–H groups in total. The zero-order valence-electron chi connectivity index (χ0n) is 10.1. The van der Waals surface area contributed by atoms with E-state index in [1.54, 1.807) is 12.1 Å². The number of benzene rings is 1. The van der Waals surface area contributed by atoms with Gasteiger partial charge in [0.1, 0.15) is 16.4 Å². The van der Waals surface area contributed by atoms with Gasteiger partial charge in [0.05, 0.1) is 22.4 Å². The summed E-state index contributed by atoms with van der Waals surface area (Å²) in [7, 11) is 0. The van der Waals surface area contributed by atoms with Crippen molar-refractivity contribution in [3.8, 4) is 0 Å². The zero-order chi connectivity index (χ0) is 14.2. The Labute approximate surface area is 117 Å². The van der Waals surface area contributed by atoms with Gasteiger partial charge in [0.25, 0.3) is 0 Å². The Balaban J connectivity index is 2.41. The van der Waals surface area contributed by atoms with E-state index < -0.39 is 17.3 Å². The number of nitrogens with zero attached hydrogens (tertiary/aromatic N) is 2. The first kappa shape index (κ1) is 13.7. The number of carboxylic acid groups (broad SMARTS) is 1. The fourth-order valence-corrected chi connectivity index (χ4v) is 2.05. The largest absolute Gasteiger partial charge is 0.480 e. The van der Waals surface area contributed by atoms with Crippen LogP contribution >= 0.6 is 23.3 Å². The van der Waals surface area contributed by atoms with Gasteiger partial charge in [-0.1, -0.05) is 11.6 Å². The van der Waals surface area contributed by atoms with E-state index in [4.69, 9.17) is 16.7 Å². The Hall–Kier alpha value is -1.73. The van der Waals surface area contributed by atoms with Crippen LogP contribution in [0.3, 0.4) is 0 Å². The molecule has 19 heavy (non-hydrogen) atoms. The Bertz CT molecular complexity index is 668. The van der Waals surface area contributed by atoms with Gasteiger partial charge in [-0.05, 0) is 26.0 Å². The number of nitrogens with one attached hydrogen (secondary N) is 1. The number of rotatable bonds is 3. The van der Waals surface area contributed by atoms with Crippen LogP contribution in [0.15, 0.2) is 12.1 Å². The van der Waals surface area contributed by atoms with Crippen LogP contribution in [-0.2, 0) is 9.59 Å². The Morgan fingerprint density at radius 1 is 1.37 bits per heavy atom. The highest BCUT2D eigenvalue weighted by Crippen LogP contribution is 2.31. The number of carboxylic acids is 1. The molecule has 0 spiro atoms. The highest BCUT2D eigenvalue weighted by atomic mass is 35.5. The van der Waals surface area contributed by atoms with Crippen molar-refractivity contribution in [1.29, 1.82) is 0 Å². The molecule has 0 unspecified atom stereocenters. The Morgan fingerprint density at radius 2 is 2.05 bits per heavy atom. The lowest BCUT2D eigenvalue weighted by atomic mass is 9.92. The molecule has 0 fully saturated rings. The molecular formula is C11H10ClN3O3S. The van der Waals surface area contributed by atoms with Crippen molar-refractivity contribution in [2.45, 2.75) is 13.8 Å². The number of anilines is 1. The number of carbonyl (C=O) groups is 2. The van der Waals surface area contributed by atoms with Crippen molar-refractivity contribution in [3.05, 3.63) is 17.2 Å². The van der Waals surface area contributed by atoms with E-state index in [0.717, 1.165) is 11.7 Å². The summed E-state index contributed by atoms with van der Waals surface area (Å²) in [5.41, 5.74) is -0.230. The summed E-state index contributed by atoms with van der Waals surface area (Å²) in [5, 5.41) is 11.8. The average molecular weight is 300 g/mol. The fourth-order valence-electron chi connectivity index (χ4n) is 1.31. The molecule has 0 saturated carbocycles. The summed E-state index contributed by atoms with van der Waals surface area (Å²) in [6.45, 7) is 2.63. The maximum absolute atomic E-state index is 12.0. The number of carbonyl (C=O) groups excluding carboxylic acids is 1. The lowest BCUT2D eigenvalue weighted by molar-refractivity contribution is -0.151. The molecule has 0 saturated heterocycles. The molecule has 0 aliphatic heterocycles. The number of aliphatic carboxylic acids is 1. The minimum atomic E-state index is -1.56. The van der Waals surface area contributed by atoms with Gasteiger partial charge in [-0.25, -0.2) is 0 Å². The number of hydrogen-bond acceptors (Lipinski definition) is 5.